The fourth-order valence-electron chi connectivity index (χ4n) is 3.10. The Labute approximate surface area is 193 Å². The zero-order valence-electron chi connectivity index (χ0n) is 17.7. The van der Waals surface area contributed by atoms with Crippen LogP contribution in [-0.4, -0.2) is 22.1 Å². The van der Waals surface area contributed by atoms with Crippen LogP contribution in [0.2, 0.25) is 0 Å². The third-order valence-electron chi connectivity index (χ3n) is 4.69. The maximum atomic E-state index is 12.3. The number of hydrogen-bond donors (Lipinski definition) is 2. The van der Waals surface area contributed by atoms with Gasteiger partial charge in [0.15, 0.2) is 0 Å². The Morgan fingerprint density at radius 2 is 1.68 bits per heavy atom. The summed E-state index contributed by atoms with van der Waals surface area (Å²) < 4.78 is 42.6. The molecule has 0 saturated heterocycles. The monoisotopic (exact) mass is 464 g/mol. The van der Waals surface area contributed by atoms with E-state index in [9.17, 15) is 18.0 Å². The highest BCUT2D eigenvalue weighted by Crippen LogP contribution is 2.27. The van der Waals surface area contributed by atoms with E-state index in [1.165, 1.54) is 6.33 Å². The number of nitrogens with zero attached hydrogens (tertiary/aromatic N) is 2. The van der Waals surface area contributed by atoms with Crippen molar-refractivity contribution in [2.24, 2.45) is 0 Å². The Hall–Kier alpha value is -4.40. The number of carbonyl (C=O) groups is 1. The normalized spacial score (nSPS) is 11.5. The van der Waals surface area contributed by atoms with Gasteiger partial charge in [0.2, 0.25) is 5.91 Å². The van der Waals surface area contributed by atoms with Crippen molar-refractivity contribution in [1.82, 2.24) is 9.97 Å². The van der Waals surface area contributed by atoms with E-state index in [2.05, 4.69) is 20.6 Å². The van der Waals surface area contributed by atoms with Crippen LogP contribution in [0, 0.1) is 0 Å². The van der Waals surface area contributed by atoms with Crippen LogP contribution in [0.25, 0.3) is 10.9 Å². The van der Waals surface area contributed by atoms with Crippen LogP contribution in [0.15, 0.2) is 91.3 Å². The maximum Gasteiger partial charge on any atom is 0.409 e. The van der Waals surface area contributed by atoms with Crippen molar-refractivity contribution in [2.45, 2.75) is 12.8 Å². The number of anilines is 3. The average molecular weight is 464 g/mol. The van der Waals surface area contributed by atoms with Gasteiger partial charge in [0.1, 0.15) is 24.5 Å². The minimum Gasteiger partial charge on any atom is -0.489 e. The van der Waals surface area contributed by atoms with Gasteiger partial charge in [-0.05, 0) is 48.0 Å². The van der Waals surface area contributed by atoms with Crippen LogP contribution in [0.3, 0.4) is 0 Å². The summed E-state index contributed by atoms with van der Waals surface area (Å²) in [6, 6.07) is 21.9. The van der Waals surface area contributed by atoms with Crippen LogP contribution < -0.4 is 15.4 Å². The van der Waals surface area contributed by atoms with Gasteiger partial charge in [-0.25, -0.2) is 9.97 Å². The van der Waals surface area contributed by atoms with Crippen molar-refractivity contribution in [3.05, 3.63) is 96.8 Å². The van der Waals surface area contributed by atoms with E-state index in [1.807, 2.05) is 54.6 Å². The van der Waals surface area contributed by atoms with Gasteiger partial charge in [-0.15, -0.1) is 0 Å². The van der Waals surface area contributed by atoms with Gasteiger partial charge in [-0.2, -0.15) is 13.2 Å². The number of allylic oxidation sites excluding steroid dienone is 1. The van der Waals surface area contributed by atoms with Crippen molar-refractivity contribution in [3.8, 4) is 5.75 Å². The number of amides is 1. The van der Waals surface area contributed by atoms with Gasteiger partial charge < -0.3 is 15.4 Å². The Morgan fingerprint density at radius 1 is 0.941 bits per heavy atom. The number of fused-ring (bicyclic) bond motifs is 1. The summed E-state index contributed by atoms with van der Waals surface area (Å²) in [5.74, 6) is 0.290. The van der Waals surface area contributed by atoms with Crippen LogP contribution in [0.4, 0.5) is 30.4 Å². The predicted octanol–water partition coefficient (Wildman–Crippen LogP) is 6.01. The van der Waals surface area contributed by atoms with Crippen molar-refractivity contribution in [2.75, 3.05) is 10.6 Å². The SMILES string of the molecule is O=C(C=CC(F)(F)F)Nc1ccc2ncnc(Nc3ccc(OCc4ccccc4)cc3)c2c1. The third kappa shape index (κ3) is 6.32. The number of halogens is 3. The van der Waals surface area contributed by atoms with Gasteiger partial charge in [-0.3, -0.25) is 4.79 Å². The average Bonchev–Trinajstić information content (AvgIpc) is 2.83. The second-order valence-electron chi connectivity index (χ2n) is 7.24. The standard InChI is InChI=1S/C25H19F3N4O2/c26-25(27,28)13-12-23(33)31-19-8-11-22-21(14-19)24(30-16-29-22)32-18-6-9-20(10-7-18)34-15-17-4-2-1-3-5-17/h1-14,16H,15H2,(H,31,33)(H,29,30,32). The molecule has 2 N–H and O–H groups in total. The molecular weight excluding hydrogens is 445 g/mol. The number of nitrogens with one attached hydrogen (secondary N) is 2. The molecule has 0 bridgehead atoms. The lowest BCUT2D eigenvalue weighted by Gasteiger charge is -2.11. The lowest BCUT2D eigenvalue weighted by atomic mass is 10.2. The molecule has 0 aliphatic carbocycles. The molecule has 1 heterocycles. The lowest BCUT2D eigenvalue weighted by molar-refractivity contribution is -0.112. The van der Waals surface area contributed by atoms with E-state index in [0.717, 1.165) is 11.3 Å². The van der Waals surface area contributed by atoms with E-state index in [1.54, 1.807) is 18.2 Å². The first-order valence-corrected chi connectivity index (χ1v) is 10.2. The Kier molecular flexibility index (Phi) is 6.72. The molecule has 0 aliphatic heterocycles. The zero-order chi connectivity index (χ0) is 24.0. The van der Waals surface area contributed by atoms with E-state index in [-0.39, 0.29) is 6.08 Å². The second-order valence-corrected chi connectivity index (χ2v) is 7.24. The molecule has 9 heteroatoms. The smallest absolute Gasteiger partial charge is 0.409 e. The number of rotatable bonds is 7. The number of hydrogen-bond acceptors (Lipinski definition) is 5. The molecule has 1 aromatic heterocycles. The predicted molar refractivity (Wildman–Crippen MR) is 124 cm³/mol. The maximum absolute atomic E-state index is 12.3. The molecule has 0 fully saturated rings. The zero-order valence-corrected chi connectivity index (χ0v) is 17.7. The van der Waals surface area contributed by atoms with Gasteiger partial charge >= 0.3 is 6.18 Å². The van der Waals surface area contributed by atoms with Gasteiger partial charge in [-0.1, -0.05) is 30.3 Å². The number of carbonyl (C=O) groups excluding carboxylic acids is 1. The summed E-state index contributed by atoms with van der Waals surface area (Å²) in [4.78, 5) is 20.2. The van der Waals surface area contributed by atoms with Crippen molar-refractivity contribution >= 4 is 34.0 Å². The minimum atomic E-state index is -4.56. The summed E-state index contributed by atoms with van der Waals surface area (Å²) in [6.07, 6.45) is -2.85. The molecule has 0 unspecified atom stereocenters. The molecular formula is C25H19F3N4O2. The molecule has 1 amide bonds. The molecule has 34 heavy (non-hydrogen) atoms. The quantitative estimate of drug-likeness (QED) is 0.328. The molecule has 4 rings (SSSR count). The van der Waals surface area contributed by atoms with Gasteiger partial charge in [0.25, 0.3) is 0 Å². The molecule has 3 aromatic carbocycles. The lowest BCUT2D eigenvalue weighted by Crippen LogP contribution is -2.10. The summed E-state index contributed by atoms with van der Waals surface area (Å²) in [7, 11) is 0. The van der Waals surface area contributed by atoms with Crippen molar-refractivity contribution < 1.29 is 22.7 Å². The molecule has 0 aliphatic rings. The summed E-state index contributed by atoms with van der Waals surface area (Å²) in [5.41, 5.74) is 2.72. The second kappa shape index (κ2) is 10.0. The Morgan fingerprint density at radius 3 is 2.41 bits per heavy atom. The number of aromatic nitrogens is 2. The first kappa shape index (κ1) is 22.8. The van der Waals surface area contributed by atoms with E-state index < -0.39 is 12.1 Å². The van der Waals surface area contributed by atoms with E-state index in [0.29, 0.717) is 40.8 Å². The number of alkyl halides is 3. The Bertz CT molecular complexity index is 1310. The highest BCUT2D eigenvalue weighted by molar-refractivity contribution is 6.01. The number of benzene rings is 3. The number of ether oxygens (including phenoxy) is 1. The largest absolute Gasteiger partial charge is 0.489 e. The van der Waals surface area contributed by atoms with Crippen LogP contribution in [-0.2, 0) is 11.4 Å². The molecule has 0 radical (unpaired) electrons. The van der Waals surface area contributed by atoms with Crippen LogP contribution in [0.5, 0.6) is 5.75 Å². The van der Waals surface area contributed by atoms with E-state index in [4.69, 9.17) is 4.74 Å². The molecule has 172 valence electrons. The summed E-state index contributed by atoms with van der Waals surface area (Å²) in [5, 5.41) is 6.19. The molecule has 0 saturated carbocycles. The van der Waals surface area contributed by atoms with Crippen molar-refractivity contribution in [1.29, 1.82) is 0 Å². The van der Waals surface area contributed by atoms with Crippen LogP contribution in [0.1, 0.15) is 5.56 Å². The fraction of sp³-hybridized carbons (Fsp3) is 0.0800. The Balaban J connectivity index is 1.46. The van der Waals surface area contributed by atoms with Crippen LogP contribution >= 0.6 is 0 Å². The summed E-state index contributed by atoms with van der Waals surface area (Å²) in [6.45, 7) is 0.455. The molecule has 0 spiro atoms. The molecule has 4 aromatic rings. The minimum absolute atomic E-state index is 0.118. The van der Waals surface area contributed by atoms with Crippen molar-refractivity contribution in [3.63, 3.8) is 0 Å². The first-order valence-electron chi connectivity index (χ1n) is 10.2. The highest BCUT2D eigenvalue weighted by Gasteiger charge is 2.22. The van der Waals surface area contributed by atoms with E-state index >= 15 is 0 Å². The molecule has 0 atom stereocenters. The molecule has 6 nitrogen and oxygen atoms in total. The fourth-order valence-corrected chi connectivity index (χ4v) is 3.10. The summed E-state index contributed by atoms with van der Waals surface area (Å²) >= 11 is 0. The third-order valence-corrected chi connectivity index (χ3v) is 4.69. The highest BCUT2D eigenvalue weighted by atomic mass is 19.4. The van der Waals surface area contributed by atoms with Gasteiger partial charge in [0, 0.05) is 28.9 Å². The van der Waals surface area contributed by atoms with Gasteiger partial charge in [0.05, 0.1) is 5.52 Å². The first-order chi connectivity index (χ1) is 16.4. The topological polar surface area (TPSA) is 76.1 Å².